The first kappa shape index (κ1) is 13.3. The zero-order valence-electron chi connectivity index (χ0n) is 10.2. The number of rotatable bonds is 1. The van der Waals surface area contributed by atoms with E-state index in [9.17, 15) is 4.79 Å². The third-order valence-electron chi connectivity index (χ3n) is 3.18. The fraction of sp³-hybridized carbons (Fsp3) is 0.308. The summed E-state index contributed by atoms with van der Waals surface area (Å²) in [6.07, 6.45) is 0. The molecule has 19 heavy (non-hydrogen) atoms. The van der Waals surface area contributed by atoms with Crippen LogP contribution >= 0.6 is 39.0 Å². The van der Waals surface area contributed by atoms with E-state index in [0.717, 1.165) is 39.2 Å². The zero-order chi connectivity index (χ0) is 13.4. The van der Waals surface area contributed by atoms with Crippen LogP contribution in [-0.4, -0.2) is 35.4 Å². The van der Waals surface area contributed by atoms with Gasteiger partial charge in [0.15, 0.2) is 0 Å². The molecule has 0 atom stereocenters. The number of thiophene rings is 1. The van der Waals surface area contributed by atoms with Gasteiger partial charge in [-0.3, -0.25) is 4.79 Å². The predicted molar refractivity (Wildman–Crippen MR) is 87.2 cm³/mol. The Morgan fingerprint density at radius 1 is 1.32 bits per heavy atom. The Labute approximate surface area is 128 Å². The number of thioether (sulfide) groups is 1. The van der Waals surface area contributed by atoms with Crippen molar-refractivity contribution >= 4 is 60.7 Å². The van der Waals surface area contributed by atoms with Crippen molar-refractivity contribution in [3.63, 3.8) is 0 Å². The van der Waals surface area contributed by atoms with E-state index in [2.05, 4.69) is 15.9 Å². The zero-order valence-corrected chi connectivity index (χ0v) is 13.4. The van der Waals surface area contributed by atoms with Crippen LogP contribution in [0.15, 0.2) is 22.7 Å². The normalized spacial score (nSPS) is 15.9. The first-order valence-corrected chi connectivity index (χ1v) is 8.78. The summed E-state index contributed by atoms with van der Waals surface area (Å²) in [6.45, 7) is 1.64. The van der Waals surface area contributed by atoms with Gasteiger partial charge in [0.2, 0.25) is 0 Å². The molecule has 2 heterocycles. The molecule has 0 spiro atoms. The van der Waals surface area contributed by atoms with E-state index in [-0.39, 0.29) is 5.91 Å². The smallest absolute Gasteiger partial charge is 0.266 e. The van der Waals surface area contributed by atoms with Crippen molar-refractivity contribution in [1.29, 1.82) is 0 Å². The number of fused-ring (bicyclic) bond motifs is 1. The molecule has 2 aromatic rings. The van der Waals surface area contributed by atoms with Crippen LogP contribution in [0.3, 0.4) is 0 Å². The Kier molecular flexibility index (Phi) is 3.73. The Bertz CT molecular complexity index is 635. The standard InChI is InChI=1S/C13H13BrN2OS2/c14-8-1-2-10-9(7-8)11(15)12(19-10)13(17)16-3-5-18-6-4-16/h1-2,7H,3-6,15H2. The van der Waals surface area contributed by atoms with Gasteiger partial charge >= 0.3 is 0 Å². The number of amides is 1. The summed E-state index contributed by atoms with van der Waals surface area (Å²) in [6, 6.07) is 5.96. The molecule has 0 bridgehead atoms. The molecule has 1 amide bonds. The molecule has 0 aliphatic carbocycles. The highest BCUT2D eigenvalue weighted by atomic mass is 79.9. The molecule has 0 radical (unpaired) electrons. The summed E-state index contributed by atoms with van der Waals surface area (Å²) in [4.78, 5) is 15.1. The molecule has 3 rings (SSSR count). The van der Waals surface area contributed by atoms with Gasteiger partial charge in [-0.2, -0.15) is 11.8 Å². The van der Waals surface area contributed by atoms with Crippen molar-refractivity contribution in [3.05, 3.63) is 27.5 Å². The quantitative estimate of drug-likeness (QED) is 0.851. The number of nitrogens with two attached hydrogens (primary N) is 1. The Hall–Kier alpha value is -0.720. The number of hydrogen-bond donors (Lipinski definition) is 1. The number of nitrogen functional groups attached to an aromatic ring is 1. The number of nitrogens with zero attached hydrogens (tertiary/aromatic N) is 1. The van der Waals surface area contributed by atoms with Crippen molar-refractivity contribution < 1.29 is 4.79 Å². The molecule has 1 aliphatic rings. The molecule has 1 aromatic heterocycles. The molecule has 1 fully saturated rings. The van der Waals surface area contributed by atoms with Gasteiger partial charge < -0.3 is 10.6 Å². The highest BCUT2D eigenvalue weighted by molar-refractivity contribution is 9.10. The van der Waals surface area contributed by atoms with Crippen molar-refractivity contribution in [2.75, 3.05) is 30.3 Å². The van der Waals surface area contributed by atoms with Gasteiger partial charge in [-0.25, -0.2) is 0 Å². The minimum atomic E-state index is 0.0788. The second kappa shape index (κ2) is 5.34. The minimum absolute atomic E-state index is 0.0788. The summed E-state index contributed by atoms with van der Waals surface area (Å²) >= 11 is 6.83. The van der Waals surface area contributed by atoms with Gasteiger partial charge in [-0.15, -0.1) is 11.3 Å². The Balaban J connectivity index is 2.00. The van der Waals surface area contributed by atoms with Crippen molar-refractivity contribution in [1.82, 2.24) is 4.90 Å². The first-order chi connectivity index (χ1) is 9.16. The fourth-order valence-electron chi connectivity index (χ4n) is 2.16. The second-order valence-corrected chi connectivity index (χ2v) is 7.58. The summed E-state index contributed by atoms with van der Waals surface area (Å²) in [5, 5.41) is 0.967. The van der Waals surface area contributed by atoms with E-state index in [1.807, 2.05) is 34.9 Å². The maximum Gasteiger partial charge on any atom is 0.266 e. The highest BCUT2D eigenvalue weighted by Gasteiger charge is 2.23. The predicted octanol–water partition coefficient (Wildman–Crippen LogP) is 3.44. The average molecular weight is 357 g/mol. The minimum Gasteiger partial charge on any atom is -0.397 e. The van der Waals surface area contributed by atoms with Gasteiger partial charge in [-0.05, 0) is 18.2 Å². The van der Waals surface area contributed by atoms with E-state index < -0.39 is 0 Å². The SMILES string of the molecule is Nc1c(C(=O)N2CCSCC2)sc2ccc(Br)cc12. The van der Waals surface area contributed by atoms with Crippen molar-refractivity contribution in [3.8, 4) is 0 Å². The third-order valence-corrected chi connectivity index (χ3v) is 5.79. The summed E-state index contributed by atoms with van der Waals surface area (Å²) in [7, 11) is 0. The maximum absolute atomic E-state index is 12.5. The highest BCUT2D eigenvalue weighted by Crippen LogP contribution is 2.36. The van der Waals surface area contributed by atoms with Gasteiger partial charge in [-0.1, -0.05) is 15.9 Å². The molecule has 0 unspecified atom stereocenters. The molecule has 1 aliphatic heterocycles. The van der Waals surface area contributed by atoms with Crippen LogP contribution in [0.5, 0.6) is 0 Å². The summed E-state index contributed by atoms with van der Waals surface area (Å²) in [5.41, 5.74) is 6.77. The molecule has 0 saturated carbocycles. The van der Waals surface area contributed by atoms with Crippen LogP contribution in [0.4, 0.5) is 5.69 Å². The molecule has 2 N–H and O–H groups in total. The summed E-state index contributed by atoms with van der Waals surface area (Å²) in [5.74, 6) is 2.11. The lowest BCUT2D eigenvalue weighted by atomic mass is 10.2. The molecule has 1 aromatic carbocycles. The van der Waals surface area contributed by atoms with Crippen molar-refractivity contribution in [2.45, 2.75) is 0 Å². The number of carbonyl (C=O) groups excluding carboxylic acids is 1. The van der Waals surface area contributed by atoms with Crippen LogP contribution in [0, 0.1) is 0 Å². The van der Waals surface area contributed by atoms with Crippen LogP contribution in [0.1, 0.15) is 9.67 Å². The Morgan fingerprint density at radius 3 is 2.79 bits per heavy atom. The number of carbonyl (C=O) groups is 1. The van der Waals surface area contributed by atoms with Gasteiger partial charge in [0, 0.05) is 39.2 Å². The molecule has 100 valence electrons. The summed E-state index contributed by atoms with van der Waals surface area (Å²) < 4.78 is 2.05. The van der Waals surface area contributed by atoms with Crippen LogP contribution in [0.25, 0.3) is 10.1 Å². The largest absolute Gasteiger partial charge is 0.397 e. The lowest BCUT2D eigenvalue weighted by Gasteiger charge is -2.26. The molecular formula is C13H13BrN2OS2. The van der Waals surface area contributed by atoms with E-state index in [1.165, 1.54) is 11.3 Å². The average Bonchev–Trinajstić information content (AvgIpc) is 2.76. The van der Waals surface area contributed by atoms with Gasteiger partial charge in [0.05, 0.1) is 5.69 Å². The first-order valence-electron chi connectivity index (χ1n) is 6.01. The van der Waals surface area contributed by atoms with Crippen molar-refractivity contribution in [2.24, 2.45) is 0 Å². The van der Waals surface area contributed by atoms with E-state index in [1.54, 1.807) is 0 Å². The maximum atomic E-state index is 12.5. The van der Waals surface area contributed by atoms with E-state index in [0.29, 0.717) is 10.6 Å². The molecular weight excluding hydrogens is 344 g/mol. The fourth-order valence-corrected chi connectivity index (χ4v) is 4.49. The third kappa shape index (κ3) is 2.49. The second-order valence-electron chi connectivity index (χ2n) is 4.39. The van der Waals surface area contributed by atoms with Crippen LogP contribution in [-0.2, 0) is 0 Å². The van der Waals surface area contributed by atoms with Crippen LogP contribution in [0.2, 0.25) is 0 Å². The van der Waals surface area contributed by atoms with Crippen LogP contribution < -0.4 is 5.73 Å². The molecule has 3 nitrogen and oxygen atoms in total. The van der Waals surface area contributed by atoms with E-state index >= 15 is 0 Å². The number of benzene rings is 1. The number of hydrogen-bond acceptors (Lipinski definition) is 4. The molecule has 6 heteroatoms. The van der Waals surface area contributed by atoms with Gasteiger partial charge in [0.1, 0.15) is 4.88 Å². The lowest BCUT2D eigenvalue weighted by molar-refractivity contribution is 0.0778. The lowest BCUT2D eigenvalue weighted by Crippen LogP contribution is -2.37. The number of halogens is 1. The number of anilines is 1. The topological polar surface area (TPSA) is 46.3 Å². The van der Waals surface area contributed by atoms with Gasteiger partial charge in [0.25, 0.3) is 5.91 Å². The molecule has 1 saturated heterocycles. The monoisotopic (exact) mass is 356 g/mol. The Morgan fingerprint density at radius 2 is 2.05 bits per heavy atom. The van der Waals surface area contributed by atoms with E-state index in [4.69, 9.17) is 5.73 Å².